The molecule has 24 heavy (non-hydrogen) atoms. The van der Waals surface area contributed by atoms with E-state index < -0.39 is 11.7 Å². The zero-order valence-electron chi connectivity index (χ0n) is 18.3. The first kappa shape index (κ1) is 23.4. The Balaban J connectivity index is 5.46. The van der Waals surface area contributed by atoms with E-state index >= 15 is 0 Å². The maximum absolute atomic E-state index is 13.2. The smallest absolute Gasteiger partial charge is 0.314 e. The predicted octanol–water partition coefficient (Wildman–Crippen LogP) is 6.21. The van der Waals surface area contributed by atoms with Crippen molar-refractivity contribution in [3.8, 4) is 0 Å². The number of hydrogen-bond acceptors (Lipinski definition) is 3. The molecule has 0 bridgehead atoms. The molecule has 0 aliphatic heterocycles. The van der Waals surface area contributed by atoms with E-state index in [-0.39, 0.29) is 28.3 Å². The van der Waals surface area contributed by atoms with Gasteiger partial charge in [0.05, 0.1) is 11.5 Å². The second-order valence-electron chi connectivity index (χ2n) is 11.1. The molecule has 0 radical (unpaired) electrons. The third kappa shape index (κ3) is 8.00. The number of hydrogen-bond donors (Lipinski definition) is 0. The number of esters is 1. The van der Waals surface area contributed by atoms with Crippen molar-refractivity contribution in [3.63, 3.8) is 0 Å². The number of carbonyl (C=O) groups is 1. The van der Waals surface area contributed by atoms with Gasteiger partial charge in [-0.25, -0.2) is 0 Å². The quantitative estimate of drug-likeness (QED) is 0.425. The Kier molecular flexibility index (Phi) is 7.58. The third-order valence-electron chi connectivity index (χ3n) is 4.43. The summed E-state index contributed by atoms with van der Waals surface area (Å²) in [5, 5.41) is 0. The lowest BCUT2D eigenvalue weighted by molar-refractivity contribution is -0.209. The van der Waals surface area contributed by atoms with E-state index in [1.807, 2.05) is 20.8 Å². The summed E-state index contributed by atoms with van der Waals surface area (Å²) in [6.07, 6.45) is 0.978. The molecule has 144 valence electrons. The van der Waals surface area contributed by atoms with E-state index in [0.29, 0.717) is 6.42 Å². The minimum Gasteiger partial charge on any atom is -0.435 e. The van der Waals surface area contributed by atoms with Crippen LogP contribution < -0.4 is 0 Å². The predicted molar refractivity (Wildman–Crippen MR) is 102 cm³/mol. The van der Waals surface area contributed by atoms with Crippen LogP contribution in [0, 0.1) is 21.7 Å². The van der Waals surface area contributed by atoms with Crippen molar-refractivity contribution < 1.29 is 14.3 Å². The van der Waals surface area contributed by atoms with Gasteiger partial charge in [-0.05, 0) is 43.4 Å². The van der Waals surface area contributed by atoms with Crippen molar-refractivity contribution in [2.75, 3.05) is 0 Å². The minimum atomic E-state index is -0.568. The van der Waals surface area contributed by atoms with Crippen molar-refractivity contribution in [2.24, 2.45) is 21.7 Å². The number of rotatable bonds is 6. The van der Waals surface area contributed by atoms with Gasteiger partial charge in [-0.1, -0.05) is 62.3 Å². The lowest BCUT2D eigenvalue weighted by Gasteiger charge is -2.44. The lowest BCUT2D eigenvalue weighted by atomic mass is 9.61. The fourth-order valence-corrected chi connectivity index (χ4v) is 2.87. The van der Waals surface area contributed by atoms with Gasteiger partial charge in [-0.3, -0.25) is 4.79 Å². The highest BCUT2D eigenvalue weighted by atomic mass is 16.7. The normalized spacial score (nSPS) is 17.5. The molecule has 3 heteroatoms. The SMILES string of the molecule is CC(C)OC(CC(C)(C)C)OC(=O)C(C)(CC(C)(C)C)C(C)(C)C. The molecule has 3 nitrogen and oxygen atoms in total. The molecule has 0 amide bonds. The molecule has 0 aromatic rings. The standard InChI is InChI=1S/C21H42O3/c1-15(2)23-16(13-18(3,4)5)24-17(22)21(12,20(9,10)11)14-19(6,7)8/h15-16H,13-14H2,1-12H3. The topological polar surface area (TPSA) is 35.5 Å². The molecule has 0 spiro atoms. The average molecular weight is 343 g/mol. The zero-order chi connectivity index (χ0) is 19.6. The molecule has 0 aliphatic rings. The lowest BCUT2D eigenvalue weighted by Crippen LogP contribution is -2.46. The summed E-state index contributed by atoms with van der Waals surface area (Å²) in [6, 6.07) is 0. The fourth-order valence-electron chi connectivity index (χ4n) is 2.87. The maximum Gasteiger partial charge on any atom is 0.314 e. The van der Waals surface area contributed by atoms with E-state index in [0.717, 1.165) is 6.42 Å². The van der Waals surface area contributed by atoms with Crippen molar-refractivity contribution in [1.29, 1.82) is 0 Å². The van der Waals surface area contributed by atoms with Gasteiger partial charge >= 0.3 is 5.97 Å². The van der Waals surface area contributed by atoms with E-state index in [2.05, 4.69) is 62.3 Å². The monoisotopic (exact) mass is 342 g/mol. The van der Waals surface area contributed by atoms with Crippen LogP contribution in [0.5, 0.6) is 0 Å². The summed E-state index contributed by atoms with van der Waals surface area (Å²) < 4.78 is 11.8. The van der Waals surface area contributed by atoms with Gasteiger partial charge in [0, 0.05) is 6.42 Å². The Hall–Kier alpha value is -0.570. The Labute approximate surface area is 150 Å². The highest BCUT2D eigenvalue weighted by Crippen LogP contribution is 2.47. The van der Waals surface area contributed by atoms with Crippen molar-refractivity contribution in [1.82, 2.24) is 0 Å². The summed E-state index contributed by atoms with van der Waals surface area (Å²) in [7, 11) is 0. The van der Waals surface area contributed by atoms with Crippen LogP contribution in [0.3, 0.4) is 0 Å². The molecular formula is C21H42O3. The van der Waals surface area contributed by atoms with E-state index in [4.69, 9.17) is 9.47 Å². The zero-order valence-corrected chi connectivity index (χ0v) is 18.3. The Bertz CT molecular complexity index is 404. The van der Waals surface area contributed by atoms with Gasteiger partial charge in [0.15, 0.2) is 0 Å². The molecular weight excluding hydrogens is 300 g/mol. The van der Waals surface area contributed by atoms with Crippen LogP contribution in [0.1, 0.15) is 95.9 Å². The van der Waals surface area contributed by atoms with Crippen LogP contribution in [0.25, 0.3) is 0 Å². The molecule has 0 aromatic carbocycles. The van der Waals surface area contributed by atoms with Gasteiger partial charge in [0.1, 0.15) is 0 Å². The first-order chi connectivity index (χ1) is 10.4. The van der Waals surface area contributed by atoms with Crippen LogP contribution >= 0.6 is 0 Å². The molecule has 0 heterocycles. The second-order valence-corrected chi connectivity index (χ2v) is 11.1. The van der Waals surface area contributed by atoms with Crippen LogP contribution in [0.15, 0.2) is 0 Å². The minimum absolute atomic E-state index is 0.0219. The summed E-state index contributed by atoms with van der Waals surface area (Å²) in [4.78, 5) is 13.2. The molecule has 0 aliphatic carbocycles. The van der Waals surface area contributed by atoms with Gasteiger partial charge in [0.25, 0.3) is 0 Å². The Morgan fingerprint density at radius 3 is 1.58 bits per heavy atom. The number of carbonyl (C=O) groups excluding carboxylic acids is 1. The molecule has 0 rings (SSSR count). The summed E-state index contributed by atoms with van der Waals surface area (Å²) in [5.41, 5.74) is -0.690. The summed E-state index contributed by atoms with van der Waals surface area (Å²) >= 11 is 0. The summed E-state index contributed by atoms with van der Waals surface area (Å²) in [6.45, 7) is 25.2. The molecule has 0 aromatic heterocycles. The van der Waals surface area contributed by atoms with Crippen LogP contribution in [0.4, 0.5) is 0 Å². The molecule has 0 fully saturated rings. The van der Waals surface area contributed by atoms with Crippen LogP contribution in [-0.2, 0) is 14.3 Å². The highest BCUT2D eigenvalue weighted by Gasteiger charge is 2.48. The van der Waals surface area contributed by atoms with Gasteiger partial charge in [-0.15, -0.1) is 0 Å². The van der Waals surface area contributed by atoms with Crippen molar-refractivity contribution in [3.05, 3.63) is 0 Å². The number of ether oxygens (including phenoxy) is 2. The molecule has 0 saturated heterocycles. The Morgan fingerprint density at radius 2 is 1.29 bits per heavy atom. The Morgan fingerprint density at radius 1 is 0.833 bits per heavy atom. The molecule has 0 saturated carbocycles. The first-order valence-corrected chi connectivity index (χ1v) is 9.24. The molecule has 2 atom stereocenters. The highest BCUT2D eigenvalue weighted by molar-refractivity contribution is 5.77. The average Bonchev–Trinajstić information content (AvgIpc) is 2.20. The third-order valence-corrected chi connectivity index (χ3v) is 4.43. The van der Waals surface area contributed by atoms with E-state index in [9.17, 15) is 4.79 Å². The largest absolute Gasteiger partial charge is 0.435 e. The van der Waals surface area contributed by atoms with Crippen LogP contribution in [0.2, 0.25) is 0 Å². The van der Waals surface area contributed by atoms with Crippen molar-refractivity contribution >= 4 is 5.97 Å². The van der Waals surface area contributed by atoms with Crippen molar-refractivity contribution in [2.45, 2.75) is 108 Å². The molecule has 2 unspecified atom stereocenters. The fraction of sp³-hybridized carbons (Fsp3) is 0.952. The van der Waals surface area contributed by atoms with Gasteiger partial charge in [0.2, 0.25) is 6.29 Å². The van der Waals surface area contributed by atoms with Gasteiger partial charge < -0.3 is 9.47 Å². The maximum atomic E-state index is 13.2. The van der Waals surface area contributed by atoms with Gasteiger partial charge in [-0.2, -0.15) is 0 Å². The van der Waals surface area contributed by atoms with E-state index in [1.165, 1.54) is 0 Å². The summed E-state index contributed by atoms with van der Waals surface area (Å²) in [5.74, 6) is -0.153. The van der Waals surface area contributed by atoms with Crippen LogP contribution in [-0.4, -0.2) is 18.4 Å². The van der Waals surface area contributed by atoms with E-state index in [1.54, 1.807) is 0 Å². The molecule has 0 N–H and O–H groups in total. The second kappa shape index (κ2) is 7.76. The first-order valence-electron chi connectivity index (χ1n) is 9.24.